The van der Waals surface area contributed by atoms with E-state index in [-0.39, 0.29) is 11.8 Å². The van der Waals surface area contributed by atoms with Crippen molar-refractivity contribution in [2.45, 2.75) is 26.7 Å². The van der Waals surface area contributed by atoms with Gasteiger partial charge in [-0.3, -0.25) is 9.59 Å². The van der Waals surface area contributed by atoms with Gasteiger partial charge in [0.1, 0.15) is 17.2 Å². The highest BCUT2D eigenvalue weighted by atomic mass is 16.5. The van der Waals surface area contributed by atoms with Gasteiger partial charge in [-0.05, 0) is 68.7 Å². The highest BCUT2D eigenvalue weighted by molar-refractivity contribution is 6.45. The minimum atomic E-state index is -0.296. The number of hydrogen-bond donors (Lipinski definition) is 0. The number of imide groups is 1. The van der Waals surface area contributed by atoms with Gasteiger partial charge >= 0.3 is 0 Å². The van der Waals surface area contributed by atoms with E-state index >= 15 is 0 Å². The van der Waals surface area contributed by atoms with E-state index in [0.717, 1.165) is 37.2 Å². The molecule has 1 fully saturated rings. The van der Waals surface area contributed by atoms with Crippen molar-refractivity contribution in [3.8, 4) is 11.5 Å². The zero-order chi connectivity index (χ0) is 21.1. The molecule has 2 heterocycles. The lowest BCUT2D eigenvalue weighted by molar-refractivity contribution is -0.120. The standard InChI is InChI=1S/C24H26N2O4/c1-3-29-19-11-7-17(8-12-19)21-22(25-15-5-6-16-25)24(28)26(23(21)27)18-9-13-20(14-10-18)30-4-2/h7-14H,3-6,15-16H2,1-2H3. The molecule has 0 aliphatic carbocycles. The summed E-state index contributed by atoms with van der Waals surface area (Å²) in [6.45, 7) is 6.54. The first-order chi connectivity index (χ1) is 14.6. The molecule has 156 valence electrons. The van der Waals surface area contributed by atoms with Crippen LogP contribution in [0.2, 0.25) is 0 Å². The number of ether oxygens (including phenoxy) is 2. The van der Waals surface area contributed by atoms with Gasteiger partial charge in [0, 0.05) is 13.1 Å². The number of nitrogens with zero attached hydrogens (tertiary/aromatic N) is 2. The second kappa shape index (κ2) is 8.61. The first-order valence-corrected chi connectivity index (χ1v) is 10.5. The Morgan fingerprint density at radius 1 is 0.767 bits per heavy atom. The van der Waals surface area contributed by atoms with Gasteiger partial charge in [-0.25, -0.2) is 4.90 Å². The van der Waals surface area contributed by atoms with Crippen molar-refractivity contribution in [2.24, 2.45) is 0 Å². The van der Waals surface area contributed by atoms with E-state index in [4.69, 9.17) is 9.47 Å². The minimum absolute atomic E-state index is 0.269. The molecule has 2 aromatic carbocycles. The van der Waals surface area contributed by atoms with Crippen LogP contribution in [0.5, 0.6) is 11.5 Å². The van der Waals surface area contributed by atoms with Crippen LogP contribution >= 0.6 is 0 Å². The van der Waals surface area contributed by atoms with Crippen LogP contribution in [0.4, 0.5) is 5.69 Å². The SMILES string of the molecule is CCOc1ccc(C2=C(N3CCCC3)C(=O)N(c3ccc(OCC)cc3)C2=O)cc1. The Morgan fingerprint density at radius 2 is 1.30 bits per heavy atom. The molecule has 2 aromatic rings. The Balaban J connectivity index is 1.72. The normalized spacial score (nSPS) is 16.6. The fourth-order valence-electron chi connectivity index (χ4n) is 3.99. The molecular formula is C24H26N2O4. The van der Waals surface area contributed by atoms with Gasteiger partial charge in [-0.15, -0.1) is 0 Å². The molecule has 0 aromatic heterocycles. The average Bonchev–Trinajstić information content (AvgIpc) is 3.36. The number of benzene rings is 2. The van der Waals surface area contributed by atoms with Gasteiger partial charge in [0.05, 0.1) is 24.5 Å². The molecule has 2 aliphatic rings. The van der Waals surface area contributed by atoms with Crippen molar-refractivity contribution >= 4 is 23.1 Å². The summed E-state index contributed by atoms with van der Waals surface area (Å²) in [5.74, 6) is 0.884. The van der Waals surface area contributed by atoms with Gasteiger partial charge in [-0.2, -0.15) is 0 Å². The molecule has 0 atom stereocenters. The van der Waals surface area contributed by atoms with Crippen LogP contribution in [0.3, 0.4) is 0 Å². The van der Waals surface area contributed by atoms with Crippen LogP contribution in [-0.2, 0) is 9.59 Å². The van der Waals surface area contributed by atoms with Crippen LogP contribution in [0.25, 0.3) is 5.57 Å². The molecular weight excluding hydrogens is 380 g/mol. The quantitative estimate of drug-likeness (QED) is 0.654. The zero-order valence-corrected chi connectivity index (χ0v) is 17.4. The van der Waals surface area contributed by atoms with E-state index in [0.29, 0.717) is 35.9 Å². The number of hydrogen-bond acceptors (Lipinski definition) is 5. The molecule has 0 N–H and O–H groups in total. The summed E-state index contributed by atoms with van der Waals surface area (Å²) in [6, 6.07) is 14.4. The van der Waals surface area contributed by atoms with Crippen LogP contribution in [-0.4, -0.2) is 43.0 Å². The molecule has 1 saturated heterocycles. The van der Waals surface area contributed by atoms with Crippen LogP contribution in [0, 0.1) is 0 Å². The van der Waals surface area contributed by atoms with Gasteiger partial charge in [0.15, 0.2) is 0 Å². The first kappa shape index (κ1) is 20.0. The van der Waals surface area contributed by atoms with Gasteiger partial charge in [-0.1, -0.05) is 12.1 Å². The van der Waals surface area contributed by atoms with Gasteiger partial charge < -0.3 is 14.4 Å². The maximum Gasteiger partial charge on any atom is 0.282 e. The Labute approximate surface area is 176 Å². The Hall–Kier alpha value is -3.28. The molecule has 0 bridgehead atoms. The van der Waals surface area contributed by atoms with Crippen LogP contribution in [0.1, 0.15) is 32.3 Å². The van der Waals surface area contributed by atoms with Crippen molar-refractivity contribution in [3.05, 3.63) is 59.8 Å². The maximum atomic E-state index is 13.5. The third kappa shape index (κ3) is 3.65. The maximum absolute atomic E-state index is 13.5. The summed E-state index contributed by atoms with van der Waals surface area (Å²) in [5, 5.41) is 0. The third-order valence-electron chi connectivity index (χ3n) is 5.34. The number of carbonyl (C=O) groups excluding carboxylic acids is 2. The predicted molar refractivity (Wildman–Crippen MR) is 115 cm³/mol. The topological polar surface area (TPSA) is 59.1 Å². The summed E-state index contributed by atoms with van der Waals surface area (Å²) in [5.41, 5.74) is 2.23. The molecule has 6 nitrogen and oxygen atoms in total. The van der Waals surface area contributed by atoms with Gasteiger partial charge in [0.2, 0.25) is 0 Å². The predicted octanol–water partition coefficient (Wildman–Crippen LogP) is 3.86. The largest absolute Gasteiger partial charge is 0.494 e. The van der Waals surface area contributed by atoms with Crippen molar-refractivity contribution < 1.29 is 19.1 Å². The second-order valence-corrected chi connectivity index (χ2v) is 7.25. The fraction of sp³-hybridized carbons (Fsp3) is 0.333. The fourth-order valence-corrected chi connectivity index (χ4v) is 3.99. The molecule has 0 saturated carbocycles. The highest BCUT2D eigenvalue weighted by Crippen LogP contribution is 2.37. The van der Waals surface area contributed by atoms with Crippen LogP contribution in [0.15, 0.2) is 54.2 Å². The summed E-state index contributed by atoms with van der Waals surface area (Å²) < 4.78 is 11.0. The van der Waals surface area contributed by atoms with E-state index in [1.807, 2.05) is 43.0 Å². The average molecular weight is 406 g/mol. The van der Waals surface area contributed by atoms with Gasteiger partial charge in [0.25, 0.3) is 11.8 Å². The Morgan fingerprint density at radius 3 is 1.83 bits per heavy atom. The van der Waals surface area contributed by atoms with Crippen LogP contribution < -0.4 is 14.4 Å². The molecule has 4 rings (SSSR count). The second-order valence-electron chi connectivity index (χ2n) is 7.25. The number of amides is 2. The van der Waals surface area contributed by atoms with Crippen molar-refractivity contribution in [2.75, 3.05) is 31.2 Å². The molecule has 6 heteroatoms. The number of carbonyl (C=O) groups is 2. The zero-order valence-electron chi connectivity index (χ0n) is 17.4. The summed E-state index contributed by atoms with van der Waals surface area (Å²) in [7, 11) is 0. The summed E-state index contributed by atoms with van der Waals surface area (Å²) in [6.07, 6.45) is 2.04. The van der Waals surface area contributed by atoms with E-state index in [1.165, 1.54) is 4.90 Å². The first-order valence-electron chi connectivity index (χ1n) is 10.5. The van der Waals surface area contributed by atoms with Crippen molar-refractivity contribution in [1.82, 2.24) is 4.90 Å². The molecule has 2 aliphatic heterocycles. The molecule has 30 heavy (non-hydrogen) atoms. The monoisotopic (exact) mass is 406 g/mol. The Bertz CT molecular complexity index is 958. The smallest absolute Gasteiger partial charge is 0.282 e. The number of rotatable bonds is 7. The molecule has 0 radical (unpaired) electrons. The number of likely N-dealkylation sites (tertiary alicyclic amines) is 1. The third-order valence-corrected chi connectivity index (χ3v) is 5.34. The Kier molecular flexibility index (Phi) is 5.74. The minimum Gasteiger partial charge on any atom is -0.494 e. The van der Waals surface area contributed by atoms with Crippen molar-refractivity contribution in [1.29, 1.82) is 0 Å². The van der Waals surface area contributed by atoms with E-state index < -0.39 is 0 Å². The highest BCUT2D eigenvalue weighted by Gasteiger charge is 2.42. The molecule has 0 unspecified atom stereocenters. The van der Waals surface area contributed by atoms with E-state index in [2.05, 4.69) is 0 Å². The lowest BCUT2D eigenvalue weighted by Crippen LogP contribution is -2.34. The lowest BCUT2D eigenvalue weighted by atomic mass is 10.0. The van der Waals surface area contributed by atoms with E-state index in [9.17, 15) is 9.59 Å². The number of anilines is 1. The summed E-state index contributed by atoms with van der Waals surface area (Å²) in [4.78, 5) is 30.2. The molecule has 2 amide bonds. The summed E-state index contributed by atoms with van der Waals surface area (Å²) >= 11 is 0. The van der Waals surface area contributed by atoms with Crippen molar-refractivity contribution in [3.63, 3.8) is 0 Å². The molecule has 0 spiro atoms. The van der Waals surface area contributed by atoms with E-state index in [1.54, 1.807) is 24.3 Å². The lowest BCUT2D eigenvalue weighted by Gasteiger charge is -2.20.